The number of carbonyl (C=O) groups excluding carboxylic acids is 1. The number of aromatic nitrogens is 2. The first-order valence-electron chi connectivity index (χ1n) is 3.65. The Hall–Kier alpha value is -1.24. The average Bonchev–Trinajstić information content (AvgIpc) is 2.16. The third-order valence-corrected chi connectivity index (χ3v) is 1.91. The molecule has 0 saturated carbocycles. The number of carbonyl (C=O) groups is 1. The van der Waals surface area contributed by atoms with E-state index in [9.17, 15) is 9.90 Å². The Kier molecular flexibility index (Phi) is 3.34. The smallest absolute Gasteiger partial charge is 0.249 e. The zero-order valence-electron chi connectivity index (χ0n) is 6.96. The summed E-state index contributed by atoms with van der Waals surface area (Å²) in [6.45, 7) is 0. The van der Waals surface area contributed by atoms with E-state index in [-0.39, 0.29) is 10.7 Å². The molecule has 2 unspecified atom stereocenters. The van der Waals surface area contributed by atoms with Crippen molar-refractivity contribution < 1.29 is 15.0 Å². The normalized spacial score (nSPS) is 14.8. The summed E-state index contributed by atoms with van der Waals surface area (Å²) in [5.41, 5.74) is 4.85. The molecule has 0 aliphatic rings. The van der Waals surface area contributed by atoms with Gasteiger partial charge >= 0.3 is 0 Å². The fraction of sp³-hybridized carbons (Fsp3) is 0.286. The summed E-state index contributed by atoms with van der Waals surface area (Å²) in [7, 11) is 0. The Bertz CT molecular complexity index is 347. The average molecular weight is 218 g/mol. The standard InChI is InChI=1S/C7H8ClN3O3/c8-6-3(1-10-2-11-6)4(12)5(13)7(9)14/h1-2,4-5,12-13H,(H2,9,14). The zero-order chi connectivity index (χ0) is 10.7. The van der Waals surface area contributed by atoms with Gasteiger partial charge in [0.1, 0.15) is 17.6 Å². The van der Waals surface area contributed by atoms with E-state index in [2.05, 4.69) is 9.97 Å². The van der Waals surface area contributed by atoms with Crippen LogP contribution in [-0.4, -0.2) is 32.2 Å². The molecule has 1 amide bonds. The molecule has 4 N–H and O–H groups in total. The molecule has 0 spiro atoms. The molecule has 0 saturated heterocycles. The highest BCUT2D eigenvalue weighted by molar-refractivity contribution is 6.30. The molecule has 6 nitrogen and oxygen atoms in total. The second-order valence-electron chi connectivity index (χ2n) is 2.56. The van der Waals surface area contributed by atoms with Gasteiger partial charge in [-0.3, -0.25) is 4.79 Å². The summed E-state index contributed by atoms with van der Waals surface area (Å²) in [6, 6.07) is 0. The SMILES string of the molecule is NC(=O)C(O)C(O)c1cncnc1Cl. The number of halogens is 1. The highest BCUT2D eigenvalue weighted by Gasteiger charge is 2.25. The second-order valence-corrected chi connectivity index (χ2v) is 2.92. The maximum absolute atomic E-state index is 10.6. The van der Waals surface area contributed by atoms with E-state index in [1.165, 1.54) is 12.5 Å². The number of aliphatic hydroxyl groups excluding tert-OH is 2. The van der Waals surface area contributed by atoms with Crippen molar-refractivity contribution in [2.45, 2.75) is 12.2 Å². The van der Waals surface area contributed by atoms with Gasteiger partial charge in [0.25, 0.3) is 0 Å². The van der Waals surface area contributed by atoms with Crippen molar-refractivity contribution in [3.8, 4) is 0 Å². The van der Waals surface area contributed by atoms with Gasteiger partial charge in [0.05, 0.1) is 0 Å². The third kappa shape index (κ3) is 2.16. The summed E-state index contributed by atoms with van der Waals surface area (Å²) in [6.07, 6.45) is -0.860. The molecule has 0 radical (unpaired) electrons. The number of rotatable bonds is 3. The van der Waals surface area contributed by atoms with Gasteiger partial charge < -0.3 is 15.9 Å². The van der Waals surface area contributed by atoms with Crippen molar-refractivity contribution in [2.24, 2.45) is 5.73 Å². The molecular weight excluding hydrogens is 210 g/mol. The minimum atomic E-state index is -1.72. The van der Waals surface area contributed by atoms with Crippen molar-refractivity contribution in [1.29, 1.82) is 0 Å². The van der Waals surface area contributed by atoms with Gasteiger partial charge in [-0.25, -0.2) is 9.97 Å². The van der Waals surface area contributed by atoms with Crippen LogP contribution in [-0.2, 0) is 4.79 Å². The lowest BCUT2D eigenvalue weighted by Crippen LogP contribution is -2.34. The number of nitrogens with two attached hydrogens (primary N) is 1. The lowest BCUT2D eigenvalue weighted by molar-refractivity contribution is -0.131. The van der Waals surface area contributed by atoms with E-state index in [4.69, 9.17) is 22.4 Å². The second kappa shape index (κ2) is 4.32. The predicted octanol–water partition coefficient (Wildman–Crippen LogP) is -0.990. The largest absolute Gasteiger partial charge is 0.385 e. The third-order valence-electron chi connectivity index (χ3n) is 1.60. The first-order chi connectivity index (χ1) is 6.54. The fourth-order valence-corrected chi connectivity index (χ4v) is 1.05. The maximum Gasteiger partial charge on any atom is 0.249 e. The summed E-state index contributed by atoms with van der Waals surface area (Å²) >= 11 is 5.59. The van der Waals surface area contributed by atoms with Crippen LogP contribution in [0.2, 0.25) is 5.15 Å². The Morgan fingerprint density at radius 1 is 1.57 bits per heavy atom. The molecule has 0 fully saturated rings. The first kappa shape index (κ1) is 10.8. The number of aliphatic hydroxyl groups is 2. The molecule has 1 heterocycles. The van der Waals surface area contributed by atoms with E-state index in [1.54, 1.807) is 0 Å². The Morgan fingerprint density at radius 2 is 2.21 bits per heavy atom. The fourth-order valence-electron chi connectivity index (χ4n) is 0.850. The lowest BCUT2D eigenvalue weighted by Gasteiger charge is -2.14. The Balaban J connectivity index is 2.94. The van der Waals surface area contributed by atoms with Crippen LogP contribution in [0.15, 0.2) is 12.5 Å². The van der Waals surface area contributed by atoms with Gasteiger partial charge in [-0.05, 0) is 0 Å². The van der Waals surface area contributed by atoms with Crippen molar-refractivity contribution >= 4 is 17.5 Å². The van der Waals surface area contributed by atoms with Gasteiger partial charge in [0, 0.05) is 11.8 Å². The number of primary amides is 1. The first-order valence-corrected chi connectivity index (χ1v) is 4.02. The van der Waals surface area contributed by atoms with E-state index < -0.39 is 18.1 Å². The van der Waals surface area contributed by atoms with Crippen LogP contribution >= 0.6 is 11.6 Å². The topological polar surface area (TPSA) is 109 Å². The lowest BCUT2D eigenvalue weighted by atomic mass is 10.1. The van der Waals surface area contributed by atoms with Gasteiger partial charge in [0.2, 0.25) is 5.91 Å². The van der Waals surface area contributed by atoms with E-state index in [0.29, 0.717) is 0 Å². The van der Waals surface area contributed by atoms with E-state index in [1.807, 2.05) is 0 Å². The number of hydrogen-bond acceptors (Lipinski definition) is 5. The molecule has 1 aromatic rings. The monoisotopic (exact) mass is 217 g/mol. The molecule has 0 aromatic carbocycles. The van der Waals surface area contributed by atoms with Gasteiger partial charge in [-0.2, -0.15) is 0 Å². The summed E-state index contributed by atoms with van der Waals surface area (Å²) in [5.74, 6) is -1.04. The highest BCUT2D eigenvalue weighted by Crippen LogP contribution is 2.21. The Morgan fingerprint density at radius 3 is 2.71 bits per heavy atom. The zero-order valence-corrected chi connectivity index (χ0v) is 7.72. The Labute approximate surface area is 84.4 Å². The highest BCUT2D eigenvalue weighted by atomic mass is 35.5. The minimum absolute atomic E-state index is 0.0344. The number of amides is 1. The molecule has 1 rings (SSSR count). The molecule has 0 aliphatic carbocycles. The van der Waals surface area contributed by atoms with Crippen LogP contribution in [0, 0.1) is 0 Å². The molecule has 1 aromatic heterocycles. The van der Waals surface area contributed by atoms with Crippen LogP contribution in [0.4, 0.5) is 0 Å². The number of nitrogens with zero attached hydrogens (tertiary/aromatic N) is 2. The van der Waals surface area contributed by atoms with Crippen molar-refractivity contribution in [1.82, 2.24) is 9.97 Å². The van der Waals surface area contributed by atoms with Gasteiger partial charge in [-0.15, -0.1) is 0 Å². The summed E-state index contributed by atoms with van der Waals surface area (Å²) < 4.78 is 0. The number of hydrogen-bond donors (Lipinski definition) is 3. The molecule has 14 heavy (non-hydrogen) atoms. The van der Waals surface area contributed by atoms with E-state index >= 15 is 0 Å². The summed E-state index contributed by atoms with van der Waals surface area (Å²) in [4.78, 5) is 17.7. The molecule has 0 bridgehead atoms. The molecule has 0 aliphatic heterocycles. The summed E-state index contributed by atoms with van der Waals surface area (Å²) in [5, 5.41) is 18.5. The van der Waals surface area contributed by atoms with Crippen LogP contribution in [0.5, 0.6) is 0 Å². The van der Waals surface area contributed by atoms with Crippen LogP contribution in [0.1, 0.15) is 11.7 Å². The van der Waals surface area contributed by atoms with Gasteiger partial charge in [0.15, 0.2) is 6.10 Å². The van der Waals surface area contributed by atoms with Crippen molar-refractivity contribution in [3.05, 3.63) is 23.2 Å². The molecule has 7 heteroatoms. The molecular formula is C7H8ClN3O3. The van der Waals surface area contributed by atoms with Crippen molar-refractivity contribution in [3.63, 3.8) is 0 Å². The quantitative estimate of drug-likeness (QED) is 0.563. The van der Waals surface area contributed by atoms with Crippen molar-refractivity contribution in [2.75, 3.05) is 0 Å². The van der Waals surface area contributed by atoms with Crippen LogP contribution < -0.4 is 5.73 Å². The minimum Gasteiger partial charge on any atom is -0.385 e. The van der Waals surface area contributed by atoms with Crippen LogP contribution in [0.3, 0.4) is 0 Å². The molecule has 76 valence electrons. The van der Waals surface area contributed by atoms with Crippen LogP contribution in [0.25, 0.3) is 0 Å². The van der Waals surface area contributed by atoms with E-state index in [0.717, 1.165) is 0 Å². The molecule has 2 atom stereocenters. The van der Waals surface area contributed by atoms with Gasteiger partial charge in [-0.1, -0.05) is 11.6 Å². The predicted molar refractivity (Wildman–Crippen MR) is 47.2 cm³/mol. The maximum atomic E-state index is 10.6.